The van der Waals surface area contributed by atoms with E-state index >= 15 is 0 Å². The van der Waals surface area contributed by atoms with Crippen LogP contribution in [0.3, 0.4) is 0 Å². The lowest BCUT2D eigenvalue weighted by molar-refractivity contribution is -0.110. The third-order valence-electron chi connectivity index (χ3n) is 2.06. The van der Waals surface area contributed by atoms with Crippen molar-refractivity contribution in [1.29, 1.82) is 0 Å². The Bertz CT molecular complexity index is 139. The van der Waals surface area contributed by atoms with Gasteiger partial charge in [0, 0.05) is 0 Å². The Labute approximate surface area is 94.4 Å². The van der Waals surface area contributed by atoms with Crippen molar-refractivity contribution in [3.8, 4) is 0 Å². The zero-order valence-corrected chi connectivity index (χ0v) is 10.5. The van der Waals surface area contributed by atoms with Crippen molar-refractivity contribution in [2.75, 3.05) is 0 Å². The topological polar surface area (TPSA) is 17.1 Å². The maximum absolute atomic E-state index is 10.7. The fourth-order valence-corrected chi connectivity index (χ4v) is 1.60. The molecule has 13 heavy (non-hydrogen) atoms. The van der Waals surface area contributed by atoms with Crippen molar-refractivity contribution in [2.45, 2.75) is 57.2 Å². The van der Waals surface area contributed by atoms with Gasteiger partial charge in [0.05, 0.1) is 0 Å². The molecule has 1 nitrogen and oxygen atoms in total. The van der Waals surface area contributed by atoms with Gasteiger partial charge in [-0.3, -0.25) is 4.79 Å². The first-order valence-corrected chi connectivity index (χ1v) is 6.24. The fourth-order valence-electron chi connectivity index (χ4n) is 1.22. The van der Waals surface area contributed by atoms with E-state index in [0.717, 1.165) is 12.8 Å². The summed E-state index contributed by atoms with van der Waals surface area (Å²) < 4.78 is -0.0808. The van der Waals surface area contributed by atoms with Crippen LogP contribution in [0.5, 0.6) is 0 Å². The lowest BCUT2D eigenvalue weighted by Crippen LogP contribution is -2.06. The minimum Gasteiger partial charge on any atom is -0.285 e. The zero-order valence-electron chi connectivity index (χ0n) is 8.19. The third-order valence-corrected chi connectivity index (χ3v) is 3.29. The molecule has 0 aliphatic carbocycles. The number of hydrogen-bond acceptors (Lipinski definition) is 1. The van der Waals surface area contributed by atoms with Crippen LogP contribution in [0.15, 0.2) is 0 Å². The number of unbranched alkanes of at least 4 members (excludes halogenated alkanes) is 5. The highest BCUT2D eigenvalue weighted by Crippen LogP contribution is 2.14. The Balaban J connectivity index is 3.11. The Morgan fingerprint density at radius 3 is 2.31 bits per heavy atom. The summed E-state index contributed by atoms with van der Waals surface area (Å²) in [6, 6.07) is 0. The third kappa shape index (κ3) is 8.76. The Hall–Kier alpha value is 0.440. The molecule has 1 unspecified atom stereocenters. The first kappa shape index (κ1) is 13.4. The molecule has 0 heterocycles. The molecule has 0 radical (unpaired) electrons. The summed E-state index contributed by atoms with van der Waals surface area (Å²) in [4.78, 5) is 10.7. The Kier molecular flexibility index (Phi) is 9.32. The summed E-state index contributed by atoms with van der Waals surface area (Å²) in [5.74, 6) is 0. The predicted octanol–water partition coefficient (Wildman–Crippen LogP) is 4.27. The average molecular weight is 270 g/mol. The molecule has 0 aliphatic heterocycles. The molecule has 1 atom stereocenters. The number of alkyl halides is 1. The molecule has 0 saturated heterocycles. The molecule has 0 spiro atoms. The van der Waals surface area contributed by atoms with Gasteiger partial charge in [0.25, 0.3) is 0 Å². The fraction of sp³-hybridized carbons (Fsp3) is 0.900. The van der Waals surface area contributed by atoms with E-state index < -0.39 is 0 Å². The minimum absolute atomic E-state index is 0.0808. The van der Waals surface area contributed by atoms with Crippen LogP contribution in [0, 0.1) is 0 Å². The van der Waals surface area contributed by atoms with Crippen molar-refractivity contribution >= 4 is 32.2 Å². The van der Waals surface area contributed by atoms with E-state index in [0.29, 0.717) is 0 Å². The van der Waals surface area contributed by atoms with E-state index in [9.17, 15) is 4.79 Å². The molecule has 0 aromatic carbocycles. The number of hydrogen-bond donors (Lipinski definition) is 0. The minimum atomic E-state index is -0.328. The molecule has 0 aromatic heterocycles. The van der Waals surface area contributed by atoms with Crippen LogP contribution in [-0.2, 0) is 4.79 Å². The van der Waals surface area contributed by atoms with E-state index in [1.165, 1.54) is 32.1 Å². The monoisotopic (exact) mass is 268 g/mol. The van der Waals surface area contributed by atoms with Crippen LogP contribution < -0.4 is 0 Å². The van der Waals surface area contributed by atoms with Gasteiger partial charge in [-0.15, -0.1) is 11.6 Å². The summed E-state index contributed by atoms with van der Waals surface area (Å²) in [5.41, 5.74) is 0. The van der Waals surface area contributed by atoms with Crippen LogP contribution in [0.1, 0.15) is 51.9 Å². The van der Waals surface area contributed by atoms with Gasteiger partial charge in [-0.25, -0.2) is 0 Å². The van der Waals surface area contributed by atoms with Crippen LogP contribution in [0.2, 0.25) is 0 Å². The second-order valence-corrected chi connectivity index (χ2v) is 4.64. The van der Waals surface area contributed by atoms with Crippen molar-refractivity contribution in [1.82, 2.24) is 0 Å². The molecular formula is C10H18BrClO. The van der Waals surface area contributed by atoms with E-state index in [4.69, 9.17) is 11.6 Å². The Morgan fingerprint density at radius 2 is 1.77 bits per heavy atom. The van der Waals surface area contributed by atoms with Crippen LogP contribution >= 0.6 is 27.5 Å². The second kappa shape index (κ2) is 9.01. The maximum atomic E-state index is 10.7. The van der Waals surface area contributed by atoms with E-state index in [1.54, 1.807) is 0 Å². The number of carbonyl (C=O) groups is 1. The smallest absolute Gasteiger partial charge is 0.215 e. The van der Waals surface area contributed by atoms with E-state index in [1.807, 2.05) is 0 Å². The molecule has 0 bridgehead atoms. The summed E-state index contributed by atoms with van der Waals surface area (Å²) in [7, 11) is 0. The van der Waals surface area contributed by atoms with Gasteiger partial charge in [0.2, 0.25) is 4.69 Å². The van der Waals surface area contributed by atoms with Gasteiger partial charge in [0.1, 0.15) is 5.38 Å². The molecule has 0 saturated carbocycles. The first-order chi connectivity index (χ1) is 6.18. The van der Waals surface area contributed by atoms with E-state index in [2.05, 4.69) is 22.9 Å². The molecule has 0 N–H and O–H groups in total. The average Bonchev–Trinajstić information content (AvgIpc) is 2.10. The van der Waals surface area contributed by atoms with Gasteiger partial charge in [-0.05, 0) is 22.4 Å². The first-order valence-electron chi connectivity index (χ1n) is 5.02. The number of carbonyl (C=O) groups excluding carboxylic acids is 1. The van der Waals surface area contributed by atoms with Crippen molar-refractivity contribution in [3.63, 3.8) is 0 Å². The standard InChI is InChI=1S/C10H18BrClO/c1-2-3-4-5-6-7-8-9(12)10(11)13/h9H,2-8H2,1H3. The quantitative estimate of drug-likeness (QED) is 0.365. The molecular weight excluding hydrogens is 251 g/mol. The molecule has 0 amide bonds. The Morgan fingerprint density at radius 1 is 1.23 bits per heavy atom. The molecule has 0 fully saturated rings. The van der Waals surface area contributed by atoms with Crippen LogP contribution in [0.25, 0.3) is 0 Å². The largest absolute Gasteiger partial charge is 0.285 e. The van der Waals surface area contributed by atoms with E-state index in [-0.39, 0.29) is 10.1 Å². The van der Waals surface area contributed by atoms with Crippen LogP contribution in [0.4, 0.5) is 0 Å². The number of rotatable bonds is 8. The SMILES string of the molecule is CCCCCCCCC(Cl)C(=O)Br. The predicted molar refractivity (Wildman–Crippen MR) is 61.6 cm³/mol. The molecule has 3 heteroatoms. The summed E-state index contributed by atoms with van der Waals surface area (Å²) in [5, 5.41) is -0.328. The lowest BCUT2D eigenvalue weighted by Gasteiger charge is -2.03. The molecule has 0 rings (SSSR count). The zero-order chi connectivity index (χ0) is 10.1. The number of halogens is 2. The van der Waals surface area contributed by atoms with Crippen molar-refractivity contribution < 1.29 is 4.79 Å². The highest BCUT2D eigenvalue weighted by atomic mass is 79.9. The van der Waals surface area contributed by atoms with Crippen molar-refractivity contribution in [3.05, 3.63) is 0 Å². The highest BCUT2D eigenvalue weighted by molar-refractivity contribution is 9.18. The maximum Gasteiger partial charge on any atom is 0.215 e. The van der Waals surface area contributed by atoms with Crippen LogP contribution in [-0.4, -0.2) is 10.1 Å². The normalized spacial score (nSPS) is 12.8. The van der Waals surface area contributed by atoms with Gasteiger partial charge < -0.3 is 0 Å². The van der Waals surface area contributed by atoms with Gasteiger partial charge >= 0.3 is 0 Å². The van der Waals surface area contributed by atoms with Gasteiger partial charge in [-0.2, -0.15) is 0 Å². The molecule has 0 aromatic rings. The van der Waals surface area contributed by atoms with Crippen molar-refractivity contribution in [2.24, 2.45) is 0 Å². The highest BCUT2D eigenvalue weighted by Gasteiger charge is 2.10. The lowest BCUT2D eigenvalue weighted by atomic mass is 10.1. The summed E-state index contributed by atoms with van der Waals surface area (Å²) >= 11 is 8.62. The summed E-state index contributed by atoms with van der Waals surface area (Å²) in [6.07, 6.45) is 8.25. The summed E-state index contributed by atoms with van der Waals surface area (Å²) in [6.45, 7) is 2.21. The molecule has 0 aliphatic rings. The van der Waals surface area contributed by atoms with Gasteiger partial charge in [-0.1, -0.05) is 45.4 Å². The molecule has 78 valence electrons. The van der Waals surface area contributed by atoms with Gasteiger partial charge in [0.15, 0.2) is 0 Å². The second-order valence-electron chi connectivity index (χ2n) is 3.33.